The fourth-order valence-corrected chi connectivity index (χ4v) is 3.70. The van der Waals surface area contributed by atoms with E-state index in [1.165, 1.54) is 0 Å². The Bertz CT molecular complexity index is 933. The van der Waals surface area contributed by atoms with Crippen molar-refractivity contribution in [2.45, 2.75) is 18.9 Å². The number of ether oxygens (including phenoxy) is 1. The molecule has 1 fully saturated rings. The fourth-order valence-electron chi connectivity index (χ4n) is 3.15. The number of halogens is 1. The molecule has 1 atom stereocenters. The first-order chi connectivity index (χ1) is 12.2. The molecule has 3 aromatic rings. The van der Waals surface area contributed by atoms with Crippen molar-refractivity contribution in [1.29, 1.82) is 0 Å². The quantitative estimate of drug-likeness (QED) is 0.580. The molecule has 1 aliphatic rings. The molecule has 1 aromatic heterocycles. The maximum atomic E-state index is 12.9. The van der Waals surface area contributed by atoms with E-state index in [4.69, 9.17) is 4.74 Å². The molecule has 1 heterocycles. The molecule has 2 N–H and O–H groups in total. The highest BCUT2D eigenvalue weighted by atomic mass is 127. The number of nitrogens with zero attached hydrogens (tertiary/aromatic N) is 1. The van der Waals surface area contributed by atoms with Gasteiger partial charge < -0.3 is 10.1 Å². The van der Waals surface area contributed by atoms with Crippen molar-refractivity contribution < 1.29 is 9.53 Å². The third-order valence-electron chi connectivity index (χ3n) is 4.62. The van der Waals surface area contributed by atoms with Crippen LogP contribution in [0.5, 0.6) is 5.75 Å². The van der Waals surface area contributed by atoms with Gasteiger partial charge >= 0.3 is 0 Å². The van der Waals surface area contributed by atoms with E-state index in [1.54, 1.807) is 7.11 Å². The Balaban J connectivity index is 1.63. The molecular formula is C19H18IN3O2. The van der Waals surface area contributed by atoms with Gasteiger partial charge in [-0.2, -0.15) is 5.10 Å². The molecule has 0 saturated heterocycles. The maximum Gasteiger partial charge on any atom is 0.251 e. The van der Waals surface area contributed by atoms with Crippen molar-refractivity contribution in [3.63, 3.8) is 0 Å². The zero-order chi connectivity index (χ0) is 17.4. The molecule has 1 aliphatic carbocycles. The Morgan fingerprint density at radius 1 is 1.32 bits per heavy atom. The first-order valence-corrected chi connectivity index (χ1v) is 9.32. The lowest BCUT2D eigenvalue weighted by Gasteiger charge is -2.21. The Morgan fingerprint density at radius 3 is 2.88 bits per heavy atom. The molecule has 0 aliphatic heterocycles. The van der Waals surface area contributed by atoms with Gasteiger partial charge in [-0.05, 0) is 65.6 Å². The van der Waals surface area contributed by atoms with Crippen LogP contribution < -0.4 is 10.1 Å². The second-order valence-electron chi connectivity index (χ2n) is 6.30. The monoisotopic (exact) mass is 447 g/mol. The number of carbonyl (C=O) groups is 1. The molecule has 0 bridgehead atoms. The molecule has 4 rings (SSSR count). The number of amides is 1. The van der Waals surface area contributed by atoms with Crippen LogP contribution in [0.15, 0.2) is 42.5 Å². The van der Waals surface area contributed by atoms with Crippen molar-refractivity contribution in [2.75, 3.05) is 7.11 Å². The fraction of sp³-hybridized carbons (Fsp3) is 0.263. The number of hydrogen-bond acceptors (Lipinski definition) is 3. The van der Waals surface area contributed by atoms with E-state index in [9.17, 15) is 4.79 Å². The number of nitrogens with one attached hydrogen (secondary N) is 2. The number of para-hydroxylation sites is 1. The molecule has 1 unspecified atom stereocenters. The van der Waals surface area contributed by atoms with Crippen LogP contribution in [0.1, 0.15) is 34.8 Å². The van der Waals surface area contributed by atoms with Gasteiger partial charge in [0.05, 0.1) is 18.7 Å². The summed E-state index contributed by atoms with van der Waals surface area (Å²) in [6, 6.07) is 13.5. The van der Waals surface area contributed by atoms with E-state index in [0.717, 1.165) is 38.8 Å². The number of rotatable bonds is 5. The minimum Gasteiger partial charge on any atom is -0.496 e. The highest BCUT2D eigenvalue weighted by Gasteiger charge is 2.35. The predicted octanol–water partition coefficient (Wildman–Crippen LogP) is 4.06. The van der Waals surface area contributed by atoms with Crippen LogP contribution in [0.25, 0.3) is 10.9 Å². The van der Waals surface area contributed by atoms with E-state index in [0.29, 0.717) is 11.5 Å². The SMILES string of the molecule is COc1ccccc1C(NC(=O)c1ccc2n[nH]c(I)c2c1)C1CC1. The second-order valence-corrected chi connectivity index (χ2v) is 7.38. The van der Waals surface area contributed by atoms with Crippen molar-refractivity contribution >= 4 is 39.4 Å². The highest BCUT2D eigenvalue weighted by molar-refractivity contribution is 14.1. The maximum absolute atomic E-state index is 12.9. The minimum atomic E-state index is -0.0679. The summed E-state index contributed by atoms with van der Waals surface area (Å²) in [6.07, 6.45) is 2.25. The molecule has 1 amide bonds. The van der Waals surface area contributed by atoms with Gasteiger partial charge in [-0.15, -0.1) is 0 Å². The first-order valence-electron chi connectivity index (χ1n) is 8.25. The molecular weight excluding hydrogens is 429 g/mol. The van der Waals surface area contributed by atoms with E-state index in [2.05, 4.69) is 38.1 Å². The van der Waals surface area contributed by atoms with E-state index < -0.39 is 0 Å². The van der Waals surface area contributed by atoms with Crippen molar-refractivity contribution in [3.05, 3.63) is 57.3 Å². The summed E-state index contributed by atoms with van der Waals surface area (Å²) >= 11 is 2.19. The zero-order valence-electron chi connectivity index (χ0n) is 13.8. The average molecular weight is 447 g/mol. The minimum absolute atomic E-state index is 0.0252. The normalized spacial score (nSPS) is 15.1. The largest absolute Gasteiger partial charge is 0.496 e. The van der Waals surface area contributed by atoms with Gasteiger partial charge in [0, 0.05) is 16.5 Å². The number of fused-ring (bicyclic) bond motifs is 1. The van der Waals surface area contributed by atoms with Gasteiger partial charge in [-0.3, -0.25) is 9.89 Å². The topological polar surface area (TPSA) is 67.0 Å². The van der Waals surface area contributed by atoms with Crippen LogP contribution in [0.2, 0.25) is 0 Å². The highest BCUT2D eigenvalue weighted by Crippen LogP contribution is 2.43. The van der Waals surface area contributed by atoms with Gasteiger partial charge in [-0.1, -0.05) is 18.2 Å². The molecule has 2 aromatic carbocycles. The lowest BCUT2D eigenvalue weighted by Crippen LogP contribution is -2.30. The summed E-state index contributed by atoms with van der Waals surface area (Å²) in [4.78, 5) is 12.9. The van der Waals surface area contributed by atoms with E-state index in [1.807, 2.05) is 42.5 Å². The molecule has 0 radical (unpaired) electrons. The Kier molecular flexibility index (Phi) is 4.37. The van der Waals surface area contributed by atoms with Crippen LogP contribution in [-0.4, -0.2) is 23.2 Å². The van der Waals surface area contributed by atoms with E-state index in [-0.39, 0.29) is 11.9 Å². The van der Waals surface area contributed by atoms with Crippen LogP contribution in [0, 0.1) is 9.62 Å². The number of benzene rings is 2. The smallest absolute Gasteiger partial charge is 0.251 e. The molecule has 128 valence electrons. The van der Waals surface area contributed by atoms with Gasteiger partial charge in [-0.25, -0.2) is 0 Å². The molecule has 1 saturated carbocycles. The Hall–Kier alpha value is -2.09. The van der Waals surface area contributed by atoms with Gasteiger partial charge in [0.2, 0.25) is 0 Å². The number of carbonyl (C=O) groups excluding carboxylic acids is 1. The van der Waals surface area contributed by atoms with Crippen LogP contribution >= 0.6 is 22.6 Å². The number of hydrogen-bond donors (Lipinski definition) is 2. The molecule has 5 nitrogen and oxygen atoms in total. The van der Waals surface area contributed by atoms with Gasteiger partial charge in [0.25, 0.3) is 5.91 Å². The summed E-state index contributed by atoms with van der Waals surface area (Å²) in [5.74, 6) is 1.22. The lowest BCUT2D eigenvalue weighted by atomic mass is 10.0. The average Bonchev–Trinajstić information content (AvgIpc) is 3.42. The summed E-state index contributed by atoms with van der Waals surface area (Å²) in [6.45, 7) is 0. The third-order valence-corrected chi connectivity index (χ3v) is 5.45. The van der Waals surface area contributed by atoms with Crippen molar-refractivity contribution in [1.82, 2.24) is 15.5 Å². The van der Waals surface area contributed by atoms with Crippen molar-refractivity contribution in [3.8, 4) is 5.75 Å². The van der Waals surface area contributed by atoms with Crippen LogP contribution in [0.3, 0.4) is 0 Å². The summed E-state index contributed by atoms with van der Waals surface area (Å²) < 4.78 is 6.43. The zero-order valence-corrected chi connectivity index (χ0v) is 15.9. The summed E-state index contributed by atoms with van der Waals surface area (Å²) in [5.41, 5.74) is 2.55. The first kappa shape index (κ1) is 16.4. The number of aromatic amines is 1. The van der Waals surface area contributed by atoms with Crippen LogP contribution in [-0.2, 0) is 0 Å². The lowest BCUT2D eigenvalue weighted by molar-refractivity contribution is 0.0931. The Morgan fingerprint density at radius 2 is 2.12 bits per heavy atom. The third kappa shape index (κ3) is 3.22. The summed E-state index contributed by atoms with van der Waals surface area (Å²) in [7, 11) is 1.67. The molecule has 6 heteroatoms. The predicted molar refractivity (Wildman–Crippen MR) is 105 cm³/mol. The second kappa shape index (κ2) is 6.67. The number of H-pyrrole nitrogens is 1. The Labute approximate surface area is 159 Å². The van der Waals surface area contributed by atoms with E-state index >= 15 is 0 Å². The standard InChI is InChI=1S/C19H18IN3O2/c1-25-16-5-3-2-4-13(16)17(11-6-7-11)21-19(24)12-8-9-15-14(10-12)18(20)23-22-15/h2-5,8-11,17H,6-7H2,1H3,(H,21,24)(H,22,23). The van der Waals surface area contributed by atoms with Crippen LogP contribution in [0.4, 0.5) is 0 Å². The number of aromatic nitrogens is 2. The molecule has 25 heavy (non-hydrogen) atoms. The molecule has 0 spiro atoms. The number of methoxy groups -OCH3 is 1. The van der Waals surface area contributed by atoms with Gasteiger partial charge in [0.15, 0.2) is 0 Å². The van der Waals surface area contributed by atoms with Gasteiger partial charge in [0.1, 0.15) is 9.45 Å². The van der Waals surface area contributed by atoms with Crippen molar-refractivity contribution in [2.24, 2.45) is 5.92 Å². The summed E-state index contributed by atoms with van der Waals surface area (Å²) in [5, 5.41) is 11.3.